The number of carbonyl (C=O) groups excluding carboxylic acids is 1. The standard InChI is InChI=1S/C15H15BrN2O3S/c1-20-12-3-2-10(8-11(12)16)9-13-14(19)17-15(22-13)18-4-6-21-7-5-18/h2-3,8-9H,4-7H2,1H3. The summed E-state index contributed by atoms with van der Waals surface area (Å²) in [6.07, 6.45) is 1.86. The molecule has 0 aliphatic carbocycles. The number of thioether (sulfide) groups is 1. The van der Waals surface area contributed by atoms with Crippen LogP contribution in [0.4, 0.5) is 0 Å². The number of methoxy groups -OCH3 is 1. The molecule has 5 nitrogen and oxygen atoms in total. The third-order valence-electron chi connectivity index (χ3n) is 3.36. The Balaban J connectivity index is 1.76. The quantitative estimate of drug-likeness (QED) is 0.736. The monoisotopic (exact) mass is 382 g/mol. The molecule has 0 aromatic heterocycles. The zero-order valence-electron chi connectivity index (χ0n) is 12.0. The van der Waals surface area contributed by atoms with Gasteiger partial charge in [-0.3, -0.25) is 4.79 Å². The van der Waals surface area contributed by atoms with Gasteiger partial charge in [-0.2, -0.15) is 4.99 Å². The molecule has 0 bridgehead atoms. The van der Waals surface area contributed by atoms with E-state index >= 15 is 0 Å². The Labute approximate surface area is 141 Å². The van der Waals surface area contributed by atoms with Gasteiger partial charge in [-0.1, -0.05) is 6.07 Å². The van der Waals surface area contributed by atoms with Crippen molar-refractivity contribution in [3.8, 4) is 5.75 Å². The molecule has 7 heteroatoms. The van der Waals surface area contributed by atoms with Crippen LogP contribution in [0.5, 0.6) is 5.75 Å². The summed E-state index contributed by atoms with van der Waals surface area (Å²) in [6.45, 7) is 2.91. The van der Waals surface area contributed by atoms with E-state index in [1.54, 1.807) is 7.11 Å². The topological polar surface area (TPSA) is 51.1 Å². The number of hydrogen-bond donors (Lipinski definition) is 0. The lowest BCUT2D eigenvalue weighted by Gasteiger charge is -2.27. The van der Waals surface area contributed by atoms with Gasteiger partial charge in [0.05, 0.1) is 29.7 Å². The zero-order chi connectivity index (χ0) is 15.5. The van der Waals surface area contributed by atoms with Crippen LogP contribution in [0.2, 0.25) is 0 Å². The maximum absolute atomic E-state index is 12.1. The van der Waals surface area contributed by atoms with Crippen LogP contribution < -0.4 is 4.74 Å². The van der Waals surface area contributed by atoms with Gasteiger partial charge in [0.15, 0.2) is 5.17 Å². The van der Waals surface area contributed by atoms with Crippen molar-refractivity contribution in [3.63, 3.8) is 0 Å². The van der Waals surface area contributed by atoms with Gasteiger partial charge >= 0.3 is 0 Å². The van der Waals surface area contributed by atoms with Crippen molar-refractivity contribution in [2.24, 2.45) is 4.99 Å². The van der Waals surface area contributed by atoms with Gasteiger partial charge in [0, 0.05) is 13.1 Å². The predicted molar refractivity (Wildman–Crippen MR) is 91.1 cm³/mol. The van der Waals surface area contributed by atoms with Gasteiger partial charge in [-0.05, 0) is 51.5 Å². The number of carbonyl (C=O) groups is 1. The molecular formula is C15H15BrN2O3S. The molecule has 0 spiro atoms. The molecule has 0 saturated carbocycles. The van der Waals surface area contributed by atoms with Crippen molar-refractivity contribution in [3.05, 3.63) is 33.1 Å². The lowest BCUT2D eigenvalue weighted by atomic mass is 10.2. The van der Waals surface area contributed by atoms with E-state index in [2.05, 4.69) is 25.8 Å². The first-order chi connectivity index (χ1) is 10.7. The maximum Gasteiger partial charge on any atom is 0.286 e. The van der Waals surface area contributed by atoms with Crippen molar-refractivity contribution in [2.75, 3.05) is 33.4 Å². The second kappa shape index (κ2) is 6.85. The highest BCUT2D eigenvalue weighted by atomic mass is 79.9. The number of nitrogens with zero attached hydrogens (tertiary/aromatic N) is 2. The van der Waals surface area contributed by atoms with Crippen molar-refractivity contribution < 1.29 is 14.3 Å². The lowest BCUT2D eigenvalue weighted by molar-refractivity contribution is -0.113. The highest BCUT2D eigenvalue weighted by Gasteiger charge is 2.27. The number of rotatable bonds is 2. The third-order valence-corrected chi connectivity index (χ3v) is 5.03. The van der Waals surface area contributed by atoms with Gasteiger partial charge < -0.3 is 14.4 Å². The van der Waals surface area contributed by atoms with Crippen molar-refractivity contribution in [1.29, 1.82) is 0 Å². The second-order valence-electron chi connectivity index (χ2n) is 4.80. The Morgan fingerprint density at radius 2 is 2.18 bits per heavy atom. The van der Waals surface area contributed by atoms with Crippen LogP contribution in [0.1, 0.15) is 5.56 Å². The molecule has 1 aromatic carbocycles. The smallest absolute Gasteiger partial charge is 0.286 e. The lowest BCUT2D eigenvalue weighted by Crippen LogP contribution is -2.38. The fourth-order valence-corrected chi connectivity index (χ4v) is 3.73. The Bertz CT molecular complexity index is 654. The highest BCUT2D eigenvalue weighted by Crippen LogP contribution is 2.32. The van der Waals surface area contributed by atoms with Gasteiger partial charge in [0.1, 0.15) is 5.75 Å². The highest BCUT2D eigenvalue weighted by molar-refractivity contribution is 9.10. The van der Waals surface area contributed by atoms with E-state index in [4.69, 9.17) is 9.47 Å². The van der Waals surface area contributed by atoms with Crippen LogP contribution in [0, 0.1) is 0 Å². The molecule has 1 aromatic rings. The van der Waals surface area contributed by atoms with Gasteiger partial charge in [-0.15, -0.1) is 0 Å². The Morgan fingerprint density at radius 1 is 1.41 bits per heavy atom. The van der Waals surface area contributed by atoms with Crippen LogP contribution in [0.3, 0.4) is 0 Å². The summed E-state index contributed by atoms with van der Waals surface area (Å²) in [5.41, 5.74) is 0.932. The minimum Gasteiger partial charge on any atom is -0.496 e. The van der Waals surface area contributed by atoms with Gasteiger partial charge in [-0.25, -0.2) is 0 Å². The van der Waals surface area contributed by atoms with E-state index in [0.29, 0.717) is 18.1 Å². The summed E-state index contributed by atoms with van der Waals surface area (Å²) in [4.78, 5) is 19.0. The van der Waals surface area contributed by atoms with Crippen LogP contribution in [0.15, 0.2) is 32.6 Å². The fourth-order valence-electron chi connectivity index (χ4n) is 2.21. The molecule has 0 unspecified atom stereocenters. The molecule has 0 atom stereocenters. The Kier molecular flexibility index (Phi) is 4.85. The number of halogens is 1. The van der Waals surface area contributed by atoms with Crippen LogP contribution >= 0.6 is 27.7 Å². The normalized spacial score (nSPS) is 20.5. The van der Waals surface area contributed by atoms with E-state index < -0.39 is 0 Å². The summed E-state index contributed by atoms with van der Waals surface area (Å²) in [5.74, 6) is 0.580. The van der Waals surface area contributed by atoms with E-state index in [1.165, 1.54) is 11.8 Å². The molecule has 0 radical (unpaired) electrons. The summed E-state index contributed by atoms with van der Waals surface area (Å²) in [5, 5.41) is 0.770. The first-order valence-electron chi connectivity index (χ1n) is 6.86. The summed E-state index contributed by atoms with van der Waals surface area (Å²) in [6, 6.07) is 5.70. The average Bonchev–Trinajstić information content (AvgIpc) is 2.89. The molecule has 1 saturated heterocycles. The Morgan fingerprint density at radius 3 is 2.86 bits per heavy atom. The maximum atomic E-state index is 12.1. The van der Waals surface area contributed by atoms with Crippen LogP contribution in [-0.2, 0) is 9.53 Å². The number of ether oxygens (including phenoxy) is 2. The summed E-state index contributed by atoms with van der Waals surface area (Å²) >= 11 is 4.87. The number of aliphatic imine (C=N–C) groups is 1. The van der Waals surface area contributed by atoms with E-state index in [9.17, 15) is 4.79 Å². The van der Waals surface area contributed by atoms with Crippen molar-refractivity contribution in [1.82, 2.24) is 4.90 Å². The largest absolute Gasteiger partial charge is 0.496 e. The number of benzene rings is 1. The summed E-state index contributed by atoms with van der Waals surface area (Å²) < 4.78 is 11.4. The van der Waals surface area contributed by atoms with Crippen LogP contribution in [-0.4, -0.2) is 49.4 Å². The van der Waals surface area contributed by atoms with E-state index in [0.717, 1.165) is 34.0 Å². The SMILES string of the molecule is COc1ccc(C=C2SC(N3CCOCC3)=NC2=O)cc1Br. The molecule has 2 aliphatic heterocycles. The number of amides is 1. The zero-order valence-corrected chi connectivity index (χ0v) is 14.4. The van der Waals surface area contributed by atoms with Gasteiger partial charge in [0.2, 0.25) is 0 Å². The average molecular weight is 383 g/mol. The Hall–Kier alpha value is -1.31. The molecule has 2 heterocycles. The fraction of sp³-hybridized carbons (Fsp3) is 0.333. The van der Waals surface area contributed by atoms with E-state index in [1.807, 2.05) is 24.3 Å². The van der Waals surface area contributed by atoms with Crippen molar-refractivity contribution in [2.45, 2.75) is 0 Å². The molecule has 1 amide bonds. The number of amidine groups is 1. The van der Waals surface area contributed by atoms with E-state index in [-0.39, 0.29) is 5.91 Å². The number of morpholine rings is 1. The molecule has 22 heavy (non-hydrogen) atoms. The first kappa shape index (κ1) is 15.6. The number of hydrogen-bond acceptors (Lipinski definition) is 5. The van der Waals surface area contributed by atoms with Gasteiger partial charge in [0.25, 0.3) is 5.91 Å². The molecule has 2 aliphatic rings. The van der Waals surface area contributed by atoms with Crippen molar-refractivity contribution >= 4 is 44.8 Å². The molecule has 116 valence electrons. The molecule has 1 fully saturated rings. The second-order valence-corrected chi connectivity index (χ2v) is 6.67. The minimum atomic E-state index is -0.182. The van der Waals surface area contributed by atoms with Crippen LogP contribution in [0.25, 0.3) is 6.08 Å². The third kappa shape index (κ3) is 3.37. The summed E-state index contributed by atoms with van der Waals surface area (Å²) in [7, 11) is 1.62. The first-order valence-corrected chi connectivity index (χ1v) is 8.47. The molecule has 3 rings (SSSR count). The predicted octanol–water partition coefficient (Wildman–Crippen LogP) is 2.76. The minimum absolute atomic E-state index is 0.182. The molecule has 0 N–H and O–H groups in total. The molecular weight excluding hydrogens is 368 g/mol.